The molecule has 0 aliphatic heterocycles. The Balaban J connectivity index is 2.65. The third-order valence-electron chi connectivity index (χ3n) is 3.08. The minimum atomic E-state index is -3.11. The fourth-order valence-electron chi connectivity index (χ4n) is 1.81. The number of benzene rings is 1. The molecule has 0 aliphatic rings. The smallest absolute Gasteiger partial charge is 0.379 e. The van der Waals surface area contributed by atoms with Gasteiger partial charge in [-0.3, -0.25) is 9.32 Å². The lowest BCUT2D eigenvalue weighted by Gasteiger charge is -2.19. The molecule has 0 radical (unpaired) electrons. The van der Waals surface area contributed by atoms with Gasteiger partial charge in [-0.15, -0.1) is 0 Å². The second kappa shape index (κ2) is 9.75. The Morgan fingerprint density at radius 3 is 2.29 bits per heavy atom. The van der Waals surface area contributed by atoms with Crippen LogP contribution in [0.2, 0.25) is 0 Å². The zero-order valence-corrected chi connectivity index (χ0v) is 13.8. The lowest BCUT2D eigenvalue weighted by atomic mass is 10.2. The highest BCUT2D eigenvalue weighted by Gasteiger charge is 2.25. The zero-order valence-electron chi connectivity index (χ0n) is 12.9. The summed E-state index contributed by atoms with van der Waals surface area (Å²) in [5, 5.41) is 0. The predicted molar refractivity (Wildman–Crippen MR) is 85.3 cm³/mol. The summed E-state index contributed by atoms with van der Waals surface area (Å²) in [6.07, 6.45) is 5.97. The van der Waals surface area contributed by atoms with Crippen molar-refractivity contribution in [2.24, 2.45) is 0 Å². The Labute approximate surface area is 127 Å². The number of hydrogen-bond donors (Lipinski definition) is 0. The van der Waals surface area contributed by atoms with Gasteiger partial charge in [-0.1, -0.05) is 33.1 Å². The maximum absolute atomic E-state index is 12.7. The maximum atomic E-state index is 12.7. The Bertz CT molecular complexity index is 456. The van der Waals surface area contributed by atoms with E-state index in [2.05, 4.69) is 6.92 Å². The van der Waals surface area contributed by atoms with Crippen molar-refractivity contribution in [3.05, 3.63) is 29.8 Å². The van der Waals surface area contributed by atoms with Crippen molar-refractivity contribution in [1.82, 2.24) is 0 Å². The van der Waals surface area contributed by atoms with Gasteiger partial charge in [0.25, 0.3) is 0 Å². The van der Waals surface area contributed by atoms with Crippen LogP contribution in [0.5, 0.6) is 5.75 Å². The maximum Gasteiger partial charge on any atom is 0.379 e. The summed E-state index contributed by atoms with van der Waals surface area (Å²) >= 11 is 0. The van der Waals surface area contributed by atoms with Crippen molar-refractivity contribution in [2.75, 3.05) is 12.8 Å². The molecule has 1 rings (SSSR count). The van der Waals surface area contributed by atoms with E-state index in [4.69, 9.17) is 9.05 Å². The number of carbonyl (C=O) groups excluding carboxylic acids is 1. The molecule has 1 aromatic rings. The summed E-state index contributed by atoms with van der Waals surface area (Å²) < 4.78 is 23.9. The molecule has 0 saturated heterocycles. The largest absolute Gasteiger partial charge is 0.424 e. The average molecular weight is 312 g/mol. The first-order valence-electron chi connectivity index (χ1n) is 7.62. The van der Waals surface area contributed by atoms with Crippen LogP contribution < -0.4 is 4.52 Å². The van der Waals surface area contributed by atoms with Crippen LogP contribution in [0.15, 0.2) is 24.3 Å². The normalized spacial score (nSPS) is 13.6. The molecular weight excluding hydrogens is 287 g/mol. The molecule has 0 amide bonds. The quantitative estimate of drug-likeness (QED) is 0.325. The Morgan fingerprint density at radius 1 is 1.05 bits per heavy atom. The summed E-state index contributed by atoms with van der Waals surface area (Å²) in [5.74, 6) is 0.482. The van der Waals surface area contributed by atoms with Crippen LogP contribution in [0, 0.1) is 0 Å². The third-order valence-corrected chi connectivity index (χ3v) is 5.01. The van der Waals surface area contributed by atoms with Gasteiger partial charge in [0.1, 0.15) is 12.0 Å². The predicted octanol–water partition coefficient (Wildman–Crippen LogP) is 5.08. The van der Waals surface area contributed by atoms with Crippen LogP contribution in [-0.2, 0) is 9.09 Å². The molecule has 1 unspecified atom stereocenters. The van der Waals surface area contributed by atoms with Crippen LogP contribution >= 0.6 is 7.60 Å². The summed E-state index contributed by atoms with van der Waals surface area (Å²) in [5.41, 5.74) is 0.564. The minimum absolute atomic E-state index is 0.422. The first-order chi connectivity index (χ1) is 10.1. The second-order valence-corrected chi connectivity index (χ2v) is 7.12. The first kappa shape index (κ1) is 17.9. The van der Waals surface area contributed by atoms with E-state index in [9.17, 15) is 9.36 Å². The van der Waals surface area contributed by atoms with Crippen molar-refractivity contribution in [2.45, 2.75) is 46.0 Å². The highest BCUT2D eigenvalue weighted by Crippen LogP contribution is 2.49. The summed E-state index contributed by atoms with van der Waals surface area (Å²) in [6.45, 7) is 4.61. The van der Waals surface area contributed by atoms with Gasteiger partial charge in [0, 0.05) is 5.56 Å². The molecule has 0 saturated carbocycles. The molecular formula is C16H25O4P. The first-order valence-corrected chi connectivity index (χ1v) is 9.34. The Hall–Kier alpha value is -1.12. The summed E-state index contributed by atoms with van der Waals surface area (Å²) in [4.78, 5) is 10.6. The van der Waals surface area contributed by atoms with Crippen molar-refractivity contribution in [1.29, 1.82) is 0 Å². The van der Waals surface area contributed by atoms with Crippen molar-refractivity contribution < 1.29 is 18.4 Å². The minimum Gasteiger partial charge on any atom is -0.424 e. The molecule has 0 heterocycles. The number of aldehydes is 1. The standard InChI is InChI=1S/C16H25O4P/c1-3-5-7-12-19-21(18,13-6-4-2)20-16-10-8-15(14-17)9-11-16/h8-11,14H,3-7,12-13H2,1-2H3. The van der Waals surface area contributed by atoms with E-state index in [0.717, 1.165) is 38.4 Å². The highest BCUT2D eigenvalue weighted by atomic mass is 31.2. The molecule has 0 spiro atoms. The van der Waals surface area contributed by atoms with Gasteiger partial charge < -0.3 is 4.52 Å². The molecule has 1 atom stereocenters. The van der Waals surface area contributed by atoms with E-state index in [1.165, 1.54) is 0 Å². The molecule has 0 bridgehead atoms. The van der Waals surface area contributed by atoms with Gasteiger partial charge in [0.2, 0.25) is 0 Å². The van der Waals surface area contributed by atoms with E-state index >= 15 is 0 Å². The van der Waals surface area contributed by atoms with Gasteiger partial charge in [0.15, 0.2) is 0 Å². The molecule has 5 heteroatoms. The van der Waals surface area contributed by atoms with E-state index in [1.807, 2.05) is 6.92 Å². The molecule has 0 aromatic heterocycles. The number of hydrogen-bond acceptors (Lipinski definition) is 4. The van der Waals surface area contributed by atoms with Crippen LogP contribution in [0.25, 0.3) is 0 Å². The molecule has 4 nitrogen and oxygen atoms in total. The van der Waals surface area contributed by atoms with Crippen molar-refractivity contribution >= 4 is 13.9 Å². The zero-order chi connectivity index (χ0) is 15.6. The molecule has 0 fully saturated rings. The van der Waals surface area contributed by atoms with Gasteiger partial charge >= 0.3 is 7.60 Å². The summed E-state index contributed by atoms with van der Waals surface area (Å²) in [6, 6.07) is 6.59. The fraction of sp³-hybridized carbons (Fsp3) is 0.562. The average Bonchev–Trinajstić information content (AvgIpc) is 2.50. The van der Waals surface area contributed by atoms with E-state index in [-0.39, 0.29) is 0 Å². The summed E-state index contributed by atoms with van der Waals surface area (Å²) in [7, 11) is -3.11. The molecule has 21 heavy (non-hydrogen) atoms. The SMILES string of the molecule is CCCCCOP(=O)(CCCC)Oc1ccc(C=O)cc1. The number of unbranched alkanes of at least 4 members (excludes halogenated alkanes) is 3. The topological polar surface area (TPSA) is 52.6 Å². The Morgan fingerprint density at radius 2 is 1.71 bits per heavy atom. The molecule has 0 aliphatic carbocycles. The van der Waals surface area contributed by atoms with Crippen LogP contribution in [0.4, 0.5) is 0 Å². The van der Waals surface area contributed by atoms with E-state index < -0.39 is 7.60 Å². The molecule has 118 valence electrons. The van der Waals surface area contributed by atoms with Gasteiger partial charge in [-0.2, -0.15) is 0 Å². The van der Waals surface area contributed by atoms with E-state index in [1.54, 1.807) is 24.3 Å². The Kier molecular flexibility index (Phi) is 8.33. The fourth-order valence-corrected chi connectivity index (χ4v) is 3.64. The lowest BCUT2D eigenvalue weighted by molar-refractivity contribution is 0.112. The highest BCUT2D eigenvalue weighted by molar-refractivity contribution is 7.54. The third kappa shape index (κ3) is 6.92. The lowest BCUT2D eigenvalue weighted by Crippen LogP contribution is -2.04. The number of carbonyl (C=O) groups is 1. The molecule has 1 aromatic carbocycles. The van der Waals surface area contributed by atoms with Crippen molar-refractivity contribution in [3.8, 4) is 5.75 Å². The van der Waals surface area contributed by atoms with Crippen LogP contribution in [-0.4, -0.2) is 19.1 Å². The van der Waals surface area contributed by atoms with Crippen molar-refractivity contribution in [3.63, 3.8) is 0 Å². The monoisotopic (exact) mass is 312 g/mol. The second-order valence-electron chi connectivity index (χ2n) is 5.01. The van der Waals surface area contributed by atoms with Gasteiger partial charge in [0.05, 0.1) is 12.8 Å². The van der Waals surface area contributed by atoms with E-state index in [0.29, 0.717) is 24.1 Å². The van der Waals surface area contributed by atoms with Crippen LogP contribution in [0.3, 0.4) is 0 Å². The van der Waals surface area contributed by atoms with Crippen LogP contribution in [0.1, 0.15) is 56.3 Å². The van der Waals surface area contributed by atoms with Gasteiger partial charge in [-0.25, -0.2) is 4.57 Å². The van der Waals surface area contributed by atoms with Gasteiger partial charge in [-0.05, 0) is 37.1 Å². The molecule has 0 N–H and O–H groups in total. The number of rotatable bonds is 11.